The molecule has 2 amide bonds. The summed E-state index contributed by atoms with van der Waals surface area (Å²) in [6.07, 6.45) is 3.77. The van der Waals surface area contributed by atoms with E-state index in [1.54, 1.807) is 60.8 Å². The fourth-order valence-electron chi connectivity index (χ4n) is 5.28. The first-order valence-electron chi connectivity index (χ1n) is 14.5. The number of fused-ring (bicyclic) bond motifs is 1. The van der Waals surface area contributed by atoms with Crippen LogP contribution < -0.4 is 11.1 Å². The molecular formula is C35H28F4N4O3. The third-order valence-electron chi connectivity index (χ3n) is 7.82. The van der Waals surface area contributed by atoms with Gasteiger partial charge in [0.1, 0.15) is 17.2 Å². The van der Waals surface area contributed by atoms with Crippen molar-refractivity contribution in [2.75, 3.05) is 18.8 Å². The number of likely N-dealkylation sites (tertiary alicyclic amines) is 1. The Bertz CT molecular complexity index is 1940. The molecule has 1 aliphatic rings. The Hall–Kier alpha value is -5.45. The number of nitrogens with zero attached hydrogens (tertiary/aromatic N) is 2. The van der Waals surface area contributed by atoms with E-state index in [0.29, 0.717) is 50.4 Å². The van der Waals surface area contributed by atoms with Crippen LogP contribution >= 0.6 is 0 Å². The van der Waals surface area contributed by atoms with Gasteiger partial charge in [0.05, 0.1) is 6.54 Å². The number of pyridine rings is 1. The van der Waals surface area contributed by atoms with Crippen LogP contribution in [0.3, 0.4) is 0 Å². The van der Waals surface area contributed by atoms with Crippen LogP contribution in [0, 0.1) is 11.6 Å². The molecule has 11 heteroatoms. The molecule has 0 unspecified atom stereocenters. The van der Waals surface area contributed by atoms with E-state index in [1.807, 2.05) is 6.07 Å². The molecule has 6 rings (SSSR count). The van der Waals surface area contributed by atoms with Crippen molar-refractivity contribution in [2.45, 2.75) is 25.3 Å². The van der Waals surface area contributed by atoms with E-state index >= 15 is 0 Å². The highest BCUT2D eigenvalue weighted by atomic mass is 19.3. The highest BCUT2D eigenvalue weighted by molar-refractivity contribution is 5.98. The quantitative estimate of drug-likeness (QED) is 0.146. The van der Waals surface area contributed by atoms with Crippen LogP contribution in [-0.2, 0) is 11.3 Å². The number of nitrogen functional groups attached to an aromatic ring is 1. The zero-order valence-electron chi connectivity index (χ0n) is 24.4. The van der Waals surface area contributed by atoms with E-state index in [1.165, 1.54) is 17.0 Å². The van der Waals surface area contributed by atoms with Gasteiger partial charge in [-0.2, -0.15) is 0 Å². The lowest BCUT2D eigenvalue weighted by atomic mass is 9.96. The standard InChI is InChI=1S/C35H28F4N4O3/c36-29-8-7-24(18-30(29)37)28-17-25(22-3-5-23(6-4-22)34(45)43-13-11-35(38,39)12-14-43)15-26-16-27(46-33(26)28)20-42-32(44)10-2-21-1-9-31(40)41-19-21/h1-10,15-19H,11-14,20H2,(H2,40,41)(H,42,44)/b10-2+. The number of nitrogens with two attached hydrogens (primary N) is 1. The van der Waals surface area contributed by atoms with Crippen molar-refractivity contribution in [3.63, 3.8) is 0 Å². The van der Waals surface area contributed by atoms with Gasteiger partial charge >= 0.3 is 0 Å². The van der Waals surface area contributed by atoms with Crippen LogP contribution in [-0.4, -0.2) is 40.7 Å². The SMILES string of the molecule is Nc1ccc(/C=C/C(=O)NCc2cc3cc(-c4ccc(C(=O)N5CCC(F)(F)CC5)cc4)cc(-c4ccc(F)c(F)c4)c3o2)cn1. The number of piperidine rings is 1. The number of carbonyl (C=O) groups is 2. The second-order valence-electron chi connectivity index (χ2n) is 11.1. The third kappa shape index (κ3) is 6.78. The molecule has 0 spiro atoms. The summed E-state index contributed by atoms with van der Waals surface area (Å²) in [6, 6.07) is 19.0. The van der Waals surface area contributed by atoms with E-state index in [9.17, 15) is 27.2 Å². The molecule has 0 radical (unpaired) electrons. The molecule has 2 aromatic heterocycles. The van der Waals surface area contributed by atoms with Crippen molar-refractivity contribution in [1.82, 2.24) is 15.2 Å². The lowest BCUT2D eigenvalue weighted by Crippen LogP contribution is -2.42. The molecule has 1 saturated heterocycles. The van der Waals surface area contributed by atoms with Crippen molar-refractivity contribution in [2.24, 2.45) is 0 Å². The molecule has 3 heterocycles. The Morgan fingerprint density at radius 2 is 1.65 bits per heavy atom. The lowest BCUT2D eigenvalue weighted by Gasteiger charge is -2.31. The maximum Gasteiger partial charge on any atom is 0.253 e. The van der Waals surface area contributed by atoms with Gasteiger partial charge < -0.3 is 20.4 Å². The van der Waals surface area contributed by atoms with Crippen molar-refractivity contribution in [1.29, 1.82) is 0 Å². The molecule has 7 nitrogen and oxygen atoms in total. The van der Waals surface area contributed by atoms with E-state index in [-0.39, 0.29) is 44.3 Å². The average molecular weight is 629 g/mol. The van der Waals surface area contributed by atoms with Gasteiger partial charge in [-0.3, -0.25) is 9.59 Å². The number of benzene rings is 3. The van der Waals surface area contributed by atoms with Gasteiger partial charge in [-0.15, -0.1) is 0 Å². The monoisotopic (exact) mass is 628 g/mol. The van der Waals surface area contributed by atoms with Crippen LogP contribution in [0.2, 0.25) is 0 Å². The van der Waals surface area contributed by atoms with Crippen molar-refractivity contribution >= 4 is 34.7 Å². The Labute approximate surface area is 261 Å². The summed E-state index contributed by atoms with van der Waals surface area (Å²) in [5.41, 5.74) is 9.38. The number of hydrogen-bond acceptors (Lipinski definition) is 5. The maximum absolute atomic E-state index is 14.3. The zero-order valence-corrected chi connectivity index (χ0v) is 24.4. The molecule has 0 bridgehead atoms. The minimum absolute atomic E-state index is 0.0124. The van der Waals surface area contributed by atoms with Crippen molar-refractivity contribution in [3.05, 3.63) is 114 Å². The summed E-state index contributed by atoms with van der Waals surface area (Å²) in [4.78, 5) is 30.8. The summed E-state index contributed by atoms with van der Waals surface area (Å²) >= 11 is 0. The molecule has 1 fully saturated rings. The smallest absolute Gasteiger partial charge is 0.253 e. The minimum Gasteiger partial charge on any atom is -0.459 e. The summed E-state index contributed by atoms with van der Waals surface area (Å²) in [5.74, 6) is -4.64. The largest absolute Gasteiger partial charge is 0.459 e. The van der Waals surface area contributed by atoms with E-state index in [0.717, 1.165) is 17.7 Å². The van der Waals surface area contributed by atoms with Crippen LogP contribution in [0.1, 0.15) is 34.5 Å². The third-order valence-corrected chi connectivity index (χ3v) is 7.82. The highest BCUT2D eigenvalue weighted by Gasteiger charge is 2.35. The Kier molecular flexibility index (Phi) is 8.31. The Balaban J connectivity index is 1.26. The second kappa shape index (κ2) is 12.5. The fourth-order valence-corrected chi connectivity index (χ4v) is 5.28. The number of anilines is 1. The first-order chi connectivity index (χ1) is 22.0. The summed E-state index contributed by atoms with van der Waals surface area (Å²) in [6.45, 7) is 0.0343. The van der Waals surface area contributed by atoms with Crippen LogP contribution in [0.25, 0.3) is 39.3 Å². The summed E-state index contributed by atoms with van der Waals surface area (Å²) in [5, 5.41) is 3.41. The molecule has 0 atom stereocenters. The fraction of sp³-hybridized carbons (Fsp3) is 0.171. The van der Waals surface area contributed by atoms with E-state index in [2.05, 4.69) is 10.3 Å². The summed E-state index contributed by atoms with van der Waals surface area (Å²) in [7, 11) is 0. The number of furan rings is 1. The number of rotatable bonds is 7. The number of alkyl halides is 2. The Morgan fingerprint density at radius 1 is 0.913 bits per heavy atom. The molecule has 46 heavy (non-hydrogen) atoms. The first kappa shape index (κ1) is 30.6. The van der Waals surface area contributed by atoms with Gasteiger partial charge in [-0.25, -0.2) is 22.5 Å². The lowest BCUT2D eigenvalue weighted by molar-refractivity contribution is -0.116. The van der Waals surface area contributed by atoms with Crippen molar-refractivity contribution < 1.29 is 31.6 Å². The van der Waals surface area contributed by atoms with E-state index in [4.69, 9.17) is 10.2 Å². The minimum atomic E-state index is -2.75. The van der Waals surface area contributed by atoms with Gasteiger partial charge in [0.2, 0.25) is 5.91 Å². The van der Waals surface area contributed by atoms with Gasteiger partial charge in [-0.05, 0) is 82.9 Å². The van der Waals surface area contributed by atoms with Gasteiger partial charge in [0.15, 0.2) is 11.6 Å². The molecule has 234 valence electrons. The van der Waals surface area contributed by atoms with E-state index < -0.39 is 17.6 Å². The molecule has 5 aromatic rings. The molecule has 1 aliphatic heterocycles. The van der Waals surface area contributed by atoms with Crippen LogP contribution in [0.5, 0.6) is 0 Å². The number of nitrogens with one attached hydrogen (secondary N) is 1. The number of aromatic nitrogens is 1. The number of halogens is 4. The molecule has 0 saturated carbocycles. The predicted octanol–water partition coefficient (Wildman–Crippen LogP) is 7.22. The molecule has 3 N–H and O–H groups in total. The van der Waals surface area contributed by atoms with Crippen molar-refractivity contribution in [3.8, 4) is 22.3 Å². The molecule has 0 aliphatic carbocycles. The van der Waals surface area contributed by atoms with Crippen LogP contribution in [0.15, 0.2) is 89.5 Å². The number of amides is 2. The van der Waals surface area contributed by atoms with Gasteiger partial charge in [0, 0.05) is 54.7 Å². The predicted molar refractivity (Wildman–Crippen MR) is 167 cm³/mol. The number of carbonyl (C=O) groups excluding carboxylic acids is 2. The average Bonchev–Trinajstić information content (AvgIpc) is 3.47. The highest BCUT2D eigenvalue weighted by Crippen LogP contribution is 2.37. The molecule has 3 aromatic carbocycles. The topological polar surface area (TPSA) is 101 Å². The Morgan fingerprint density at radius 3 is 2.35 bits per heavy atom. The van der Waals surface area contributed by atoms with Crippen LogP contribution in [0.4, 0.5) is 23.4 Å². The normalized spacial score (nSPS) is 14.6. The van der Waals surface area contributed by atoms with Gasteiger partial charge in [-0.1, -0.05) is 18.2 Å². The second-order valence-corrected chi connectivity index (χ2v) is 11.1. The van der Waals surface area contributed by atoms with Gasteiger partial charge in [0.25, 0.3) is 11.8 Å². The number of hydrogen-bond donors (Lipinski definition) is 2. The zero-order chi connectivity index (χ0) is 32.4. The first-order valence-corrected chi connectivity index (χ1v) is 14.5. The summed E-state index contributed by atoms with van der Waals surface area (Å²) < 4.78 is 61.3. The molecular weight excluding hydrogens is 600 g/mol. The maximum atomic E-state index is 14.3.